The van der Waals surface area contributed by atoms with E-state index in [1.165, 1.54) is 13.4 Å². The van der Waals surface area contributed by atoms with Gasteiger partial charge in [-0.1, -0.05) is 11.6 Å². The summed E-state index contributed by atoms with van der Waals surface area (Å²) in [5.74, 6) is 1.71. The first kappa shape index (κ1) is 18.1. The summed E-state index contributed by atoms with van der Waals surface area (Å²) in [5.41, 5.74) is 1.69. The van der Waals surface area contributed by atoms with Crippen LogP contribution in [0.25, 0.3) is 21.9 Å². The van der Waals surface area contributed by atoms with Crippen molar-refractivity contribution in [2.45, 2.75) is 6.92 Å². The molecule has 4 aromatic rings. The van der Waals surface area contributed by atoms with Crippen LogP contribution in [-0.2, 0) is 0 Å². The van der Waals surface area contributed by atoms with Crippen LogP contribution in [0, 0.1) is 6.92 Å². The molecule has 0 spiro atoms. The number of nitrogens with zero attached hydrogens (tertiary/aromatic N) is 2. The number of rotatable bonds is 4. The summed E-state index contributed by atoms with van der Waals surface area (Å²) < 4.78 is 17.0. The molecule has 0 atom stereocenters. The largest absolute Gasteiger partial charge is 0.495 e. The van der Waals surface area contributed by atoms with Crippen LogP contribution in [0.3, 0.4) is 0 Å². The third kappa shape index (κ3) is 2.99. The summed E-state index contributed by atoms with van der Waals surface area (Å²) in [6.07, 6.45) is 1.40. The highest BCUT2D eigenvalue weighted by Gasteiger charge is 2.18. The first-order chi connectivity index (χ1) is 13.5. The second-order valence-corrected chi connectivity index (χ2v) is 6.46. The molecule has 0 saturated carbocycles. The Balaban J connectivity index is 1.77. The highest BCUT2D eigenvalue weighted by atomic mass is 35.5. The molecule has 0 saturated heterocycles. The molecule has 2 aromatic heterocycles. The van der Waals surface area contributed by atoms with Gasteiger partial charge in [0.1, 0.15) is 29.2 Å². The van der Waals surface area contributed by atoms with Gasteiger partial charge in [0.15, 0.2) is 0 Å². The van der Waals surface area contributed by atoms with E-state index in [1.54, 1.807) is 44.3 Å². The van der Waals surface area contributed by atoms with E-state index in [2.05, 4.69) is 15.3 Å². The Morgan fingerprint density at radius 2 is 2.00 bits per heavy atom. The van der Waals surface area contributed by atoms with Gasteiger partial charge in [0.05, 0.1) is 28.6 Å². The van der Waals surface area contributed by atoms with Crippen molar-refractivity contribution in [1.29, 1.82) is 0 Å². The van der Waals surface area contributed by atoms with Gasteiger partial charge in [-0.05, 0) is 31.2 Å². The number of aromatic nitrogens is 2. The molecule has 0 radical (unpaired) electrons. The molecule has 1 N–H and O–H groups in total. The number of hydrogen-bond donors (Lipinski definition) is 1. The molecule has 0 unspecified atom stereocenters. The van der Waals surface area contributed by atoms with Crippen LogP contribution >= 0.6 is 11.6 Å². The lowest BCUT2D eigenvalue weighted by atomic mass is 10.1. The molecule has 0 aliphatic carbocycles. The van der Waals surface area contributed by atoms with Crippen molar-refractivity contribution in [2.24, 2.45) is 0 Å². The second-order valence-electron chi connectivity index (χ2n) is 6.06. The highest BCUT2D eigenvalue weighted by molar-refractivity contribution is 6.32. The molecule has 28 heavy (non-hydrogen) atoms. The number of furan rings is 1. The fraction of sp³-hybridized carbons (Fsp3) is 0.150. The van der Waals surface area contributed by atoms with Gasteiger partial charge in [-0.2, -0.15) is 0 Å². The van der Waals surface area contributed by atoms with Crippen LogP contribution in [-0.4, -0.2) is 30.0 Å². The zero-order valence-electron chi connectivity index (χ0n) is 15.4. The summed E-state index contributed by atoms with van der Waals surface area (Å²) in [7, 11) is 3.12. The van der Waals surface area contributed by atoms with Gasteiger partial charge in [0.2, 0.25) is 5.88 Å². The average Bonchev–Trinajstić information content (AvgIpc) is 3.02. The number of carbonyl (C=O) groups is 1. The predicted octanol–water partition coefficient (Wildman–Crippen LogP) is 4.50. The summed E-state index contributed by atoms with van der Waals surface area (Å²) >= 11 is 6.16. The van der Waals surface area contributed by atoms with Crippen molar-refractivity contribution >= 4 is 39.4 Å². The first-order valence-corrected chi connectivity index (χ1v) is 8.81. The van der Waals surface area contributed by atoms with E-state index in [0.717, 1.165) is 0 Å². The molecule has 7 nitrogen and oxygen atoms in total. The maximum absolute atomic E-state index is 12.1. The lowest BCUT2D eigenvalue weighted by molar-refractivity contribution is 0.0963. The molecular formula is C20H16ClN3O4. The highest BCUT2D eigenvalue weighted by Crippen LogP contribution is 2.35. The van der Waals surface area contributed by atoms with E-state index in [4.69, 9.17) is 25.5 Å². The van der Waals surface area contributed by atoms with Crippen LogP contribution in [0.4, 0.5) is 0 Å². The molecule has 4 rings (SSSR count). The molecule has 0 aliphatic rings. The minimum absolute atomic E-state index is 0.198. The van der Waals surface area contributed by atoms with Gasteiger partial charge >= 0.3 is 0 Å². The smallest absolute Gasteiger partial charge is 0.255 e. The normalized spacial score (nSPS) is 11.0. The quantitative estimate of drug-likeness (QED) is 0.545. The molecule has 0 bridgehead atoms. The summed E-state index contributed by atoms with van der Waals surface area (Å²) in [6, 6.07) is 8.68. The molecule has 2 aromatic carbocycles. The number of halogens is 1. The molecule has 8 heteroatoms. The minimum atomic E-state index is -0.198. The van der Waals surface area contributed by atoms with Crippen LogP contribution in [0.2, 0.25) is 5.02 Å². The maximum Gasteiger partial charge on any atom is 0.255 e. The van der Waals surface area contributed by atoms with Gasteiger partial charge in [-0.15, -0.1) is 0 Å². The number of ether oxygens (including phenoxy) is 2. The number of amides is 1. The summed E-state index contributed by atoms with van der Waals surface area (Å²) in [5, 5.41) is 4.44. The number of nitrogens with one attached hydrogen (secondary N) is 1. The van der Waals surface area contributed by atoms with Crippen LogP contribution in [0.15, 0.2) is 41.1 Å². The molecule has 142 valence electrons. The SMILES string of the molecule is CNC(=O)c1c(C)oc2cc(Oc3ncnc4cc(Cl)c(OC)cc34)ccc12. The third-order valence-electron chi connectivity index (χ3n) is 4.38. The van der Waals surface area contributed by atoms with E-state index in [9.17, 15) is 4.79 Å². The standard InChI is InChI=1S/C20H16ClN3O4/c1-10-18(19(25)22-2)12-5-4-11(6-16(12)27-10)28-20-13-7-17(26-3)14(21)8-15(13)23-9-24-20/h4-9H,1-3H3,(H,22,25). The molecule has 0 aliphatic heterocycles. The van der Waals surface area contributed by atoms with Crippen LogP contribution in [0.5, 0.6) is 17.4 Å². The van der Waals surface area contributed by atoms with E-state index >= 15 is 0 Å². The van der Waals surface area contributed by atoms with E-state index in [1.807, 2.05) is 0 Å². The lowest BCUT2D eigenvalue weighted by Crippen LogP contribution is -2.18. The number of hydrogen-bond acceptors (Lipinski definition) is 6. The van der Waals surface area contributed by atoms with Gasteiger partial charge in [-0.3, -0.25) is 4.79 Å². The van der Waals surface area contributed by atoms with Gasteiger partial charge in [0.25, 0.3) is 5.91 Å². The zero-order chi connectivity index (χ0) is 19.8. The Labute approximate surface area is 165 Å². The van der Waals surface area contributed by atoms with Crippen molar-refractivity contribution in [3.05, 3.63) is 53.0 Å². The lowest BCUT2D eigenvalue weighted by Gasteiger charge is -2.09. The Kier molecular flexibility index (Phi) is 4.52. The fourth-order valence-electron chi connectivity index (χ4n) is 3.05. The number of benzene rings is 2. The van der Waals surface area contributed by atoms with Gasteiger partial charge < -0.3 is 19.2 Å². The fourth-order valence-corrected chi connectivity index (χ4v) is 3.29. The van der Waals surface area contributed by atoms with Crippen molar-refractivity contribution in [3.63, 3.8) is 0 Å². The van der Waals surface area contributed by atoms with Gasteiger partial charge in [0, 0.05) is 18.5 Å². The van der Waals surface area contributed by atoms with Crippen LogP contribution < -0.4 is 14.8 Å². The topological polar surface area (TPSA) is 86.5 Å². The number of carbonyl (C=O) groups excluding carboxylic acids is 1. The number of methoxy groups -OCH3 is 1. The predicted molar refractivity (Wildman–Crippen MR) is 106 cm³/mol. The summed E-state index contributed by atoms with van der Waals surface area (Å²) in [4.78, 5) is 20.5. The monoisotopic (exact) mass is 397 g/mol. The first-order valence-electron chi connectivity index (χ1n) is 8.43. The van der Waals surface area contributed by atoms with Crippen molar-refractivity contribution < 1.29 is 18.7 Å². The molecular weight excluding hydrogens is 382 g/mol. The van der Waals surface area contributed by atoms with E-state index < -0.39 is 0 Å². The molecule has 2 heterocycles. The second kappa shape index (κ2) is 7.01. The minimum Gasteiger partial charge on any atom is -0.495 e. The van der Waals surface area contributed by atoms with Crippen molar-refractivity contribution in [3.8, 4) is 17.4 Å². The Morgan fingerprint density at radius 1 is 1.18 bits per heavy atom. The Morgan fingerprint density at radius 3 is 2.75 bits per heavy atom. The maximum atomic E-state index is 12.1. The van der Waals surface area contributed by atoms with Crippen LogP contribution in [0.1, 0.15) is 16.1 Å². The van der Waals surface area contributed by atoms with E-state index in [0.29, 0.717) is 55.6 Å². The number of aryl methyl sites for hydroxylation is 1. The molecule has 0 fully saturated rings. The average molecular weight is 398 g/mol. The Bertz CT molecular complexity index is 1220. The van der Waals surface area contributed by atoms with E-state index in [-0.39, 0.29) is 5.91 Å². The summed E-state index contributed by atoms with van der Waals surface area (Å²) in [6.45, 7) is 1.75. The van der Waals surface area contributed by atoms with Gasteiger partial charge in [-0.25, -0.2) is 9.97 Å². The van der Waals surface area contributed by atoms with Crippen molar-refractivity contribution in [1.82, 2.24) is 15.3 Å². The zero-order valence-corrected chi connectivity index (χ0v) is 16.1. The van der Waals surface area contributed by atoms with Crippen molar-refractivity contribution in [2.75, 3.05) is 14.2 Å². The third-order valence-corrected chi connectivity index (χ3v) is 4.67. The number of fused-ring (bicyclic) bond motifs is 2. The Hall–Kier alpha value is -3.32. The molecule has 1 amide bonds.